The monoisotopic (exact) mass is 652 g/mol. The molecule has 4 heteroatoms. The Balaban J connectivity index is 1.25. The highest BCUT2D eigenvalue weighted by Gasteiger charge is 2.37. The zero-order valence-electron chi connectivity index (χ0n) is 28.3. The van der Waals surface area contributed by atoms with Gasteiger partial charge < -0.3 is 4.57 Å². The lowest BCUT2D eigenvalue weighted by Crippen LogP contribution is -2.14. The average molecular weight is 653 g/mol. The normalized spacial score (nSPS) is 13.5. The predicted molar refractivity (Wildman–Crippen MR) is 211 cm³/mol. The lowest BCUT2D eigenvalue weighted by atomic mass is 9.82. The Kier molecular flexibility index (Phi) is 5.70. The summed E-state index contributed by atoms with van der Waals surface area (Å²) in [7, 11) is 0. The number of para-hydroxylation sites is 3. The van der Waals surface area contributed by atoms with Gasteiger partial charge in [-0.05, 0) is 64.7 Å². The van der Waals surface area contributed by atoms with E-state index in [1.54, 1.807) is 0 Å². The maximum atomic E-state index is 5.42. The van der Waals surface area contributed by atoms with Crippen LogP contribution in [0.3, 0.4) is 0 Å². The van der Waals surface area contributed by atoms with Crippen LogP contribution in [-0.4, -0.2) is 19.1 Å². The summed E-state index contributed by atoms with van der Waals surface area (Å²) in [4.78, 5) is 10.7. The zero-order valence-corrected chi connectivity index (χ0v) is 28.3. The van der Waals surface area contributed by atoms with E-state index in [2.05, 4.69) is 175 Å². The largest absolute Gasteiger partial charge is 0.309 e. The number of fused-ring (bicyclic) bond motifs is 11. The SMILES string of the molecule is CC1(C)c2ccccc2-c2c1ccc1c2c2ccccc2n1-c1nc(-c2ccccc2)nc2cc(-n3c4ccccc4c4ccccc43)ccc12. The summed E-state index contributed by atoms with van der Waals surface area (Å²) in [6.07, 6.45) is 0. The van der Waals surface area contributed by atoms with Gasteiger partial charge in [0.25, 0.3) is 0 Å². The van der Waals surface area contributed by atoms with E-state index in [9.17, 15) is 0 Å². The van der Waals surface area contributed by atoms with Crippen LogP contribution in [0.5, 0.6) is 0 Å². The van der Waals surface area contributed by atoms with E-state index in [1.807, 2.05) is 6.07 Å². The van der Waals surface area contributed by atoms with E-state index in [0.29, 0.717) is 5.82 Å². The van der Waals surface area contributed by atoms with Gasteiger partial charge in [-0.1, -0.05) is 129 Å². The van der Waals surface area contributed by atoms with Crippen molar-refractivity contribution < 1.29 is 0 Å². The number of hydrogen-bond donors (Lipinski definition) is 0. The van der Waals surface area contributed by atoms with Gasteiger partial charge in [-0.15, -0.1) is 0 Å². The zero-order chi connectivity index (χ0) is 33.8. The first kappa shape index (κ1) is 28.3. The summed E-state index contributed by atoms with van der Waals surface area (Å²) >= 11 is 0. The Morgan fingerprint density at radius 3 is 1.84 bits per heavy atom. The van der Waals surface area contributed by atoms with E-state index in [-0.39, 0.29) is 5.41 Å². The molecular formula is C47H32N4. The van der Waals surface area contributed by atoms with Gasteiger partial charge in [0, 0.05) is 43.6 Å². The van der Waals surface area contributed by atoms with Crippen molar-refractivity contribution in [2.45, 2.75) is 19.3 Å². The second-order valence-corrected chi connectivity index (χ2v) is 14.2. The first-order valence-electron chi connectivity index (χ1n) is 17.6. The number of nitrogens with zero attached hydrogens (tertiary/aromatic N) is 4. The average Bonchev–Trinajstić information content (AvgIpc) is 3.78. The van der Waals surface area contributed by atoms with Crippen LogP contribution >= 0.6 is 0 Å². The van der Waals surface area contributed by atoms with Crippen LogP contribution < -0.4 is 0 Å². The molecule has 1 aliphatic rings. The molecule has 3 aromatic heterocycles. The fraction of sp³-hybridized carbons (Fsp3) is 0.0638. The molecule has 0 bridgehead atoms. The van der Waals surface area contributed by atoms with Crippen molar-refractivity contribution in [3.8, 4) is 34.0 Å². The van der Waals surface area contributed by atoms with Gasteiger partial charge in [-0.3, -0.25) is 4.57 Å². The molecule has 7 aromatic carbocycles. The molecule has 11 rings (SSSR count). The third-order valence-electron chi connectivity index (χ3n) is 11.1. The van der Waals surface area contributed by atoms with Crippen molar-refractivity contribution in [3.05, 3.63) is 169 Å². The minimum absolute atomic E-state index is 0.0887. The molecule has 0 N–H and O–H groups in total. The molecule has 0 radical (unpaired) electrons. The summed E-state index contributed by atoms with van der Waals surface area (Å²) in [5.41, 5.74) is 12.9. The van der Waals surface area contributed by atoms with Crippen LogP contribution in [0.25, 0.3) is 88.5 Å². The van der Waals surface area contributed by atoms with Crippen LogP contribution in [0.2, 0.25) is 0 Å². The van der Waals surface area contributed by atoms with Gasteiger partial charge in [-0.25, -0.2) is 9.97 Å². The van der Waals surface area contributed by atoms with Crippen LogP contribution in [0.4, 0.5) is 0 Å². The summed E-state index contributed by atoms with van der Waals surface area (Å²) in [6, 6.07) is 56.7. The summed E-state index contributed by atoms with van der Waals surface area (Å²) < 4.78 is 4.73. The summed E-state index contributed by atoms with van der Waals surface area (Å²) in [5, 5.41) is 5.99. The van der Waals surface area contributed by atoms with Gasteiger partial charge in [0.2, 0.25) is 0 Å². The minimum Gasteiger partial charge on any atom is -0.309 e. The highest BCUT2D eigenvalue weighted by molar-refractivity contribution is 6.18. The fourth-order valence-corrected chi connectivity index (χ4v) is 8.81. The summed E-state index contributed by atoms with van der Waals surface area (Å²) in [6.45, 7) is 4.70. The Morgan fingerprint density at radius 1 is 0.471 bits per heavy atom. The number of benzene rings is 7. The Hall–Kier alpha value is -6.52. The van der Waals surface area contributed by atoms with Crippen LogP contribution in [0.1, 0.15) is 25.0 Å². The predicted octanol–water partition coefficient (Wildman–Crippen LogP) is 11.8. The first-order chi connectivity index (χ1) is 25.1. The molecule has 0 unspecified atom stereocenters. The van der Waals surface area contributed by atoms with Crippen LogP contribution in [0.15, 0.2) is 158 Å². The van der Waals surface area contributed by atoms with Gasteiger partial charge in [-0.2, -0.15) is 0 Å². The second-order valence-electron chi connectivity index (χ2n) is 14.2. The molecule has 51 heavy (non-hydrogen) atoms. The van der Waals surface area contributed by atoms with Gasteiger partial charge >= 0.3 is 0 Å². The fourth-order valence-electron chi connectivity index (χ4n) is 8.81. The van der Waals surface area contributed by atoms with E-state index < -0.39 is 0 Å². The van der Waals surface area contributed by atoms with E-state index in [0.717, 1.165) is 39.0 Å². The van der Waals surface area contributed by atoms with Gasteiger partial charge in [0.1, 0.15) is 5.82 Å². The van der Waals surface area contributed by atoms with Gasteiger partial charge in [0.15, 0.2) is 5.82 Å². The molecule has 0 aliphatic heterocycles. The Bertz CT molecular complexity index is 3000. The molecule has 0 spiro atoms. The highest BCUT2D eigenvalue weighted by atomic mass is 15.1. The molecule has 10 aromatic rings. The third-order valence-corrected chi connectivity index (χ3v) is 11.1. The second kappa shape index (κ2) is 10.3. The third kappa shape index (κ3) is 3.85. The number of aromatic nitrogens is 4. The van der Waals surface area contributed by atoms with Crippen molar-refractivity contribution in [3.63, 3.8) is 0 Å². The number of hydrogen-bond acceptors (Lipinski definition) is 2. The first-order valence-corrected chi connectivity index (χ1v) is 17.6. The molecule has 4 nitrogen and oxygen atoms in total. The van der Waals surface area contributed by atoms with Crippen molar-refractivity contribution in [2.75, 3.05) is 0 Å². The molecule has 0 atom stereocenters. The van der Waals surface area contributed by atoms with E-state index >= 15 is 0 Å². The van der Waals surface area contributed by atoms with E-state index in [1.165, 1.54) is 54.8 Å². The maximum absolute atomic E-state index is 5.42. The standard InChI is InChI=1S/C47H32N4/c1-47(2)36-20-10-6-18-33(36)43-37(47)26-27-42-44(43)35-19-9-13-23-41(35)51(42)46-34-25-24-30(28-38(34)48-45(49-46)29-14-4-3-5-15-29)50-39-21-11-7-16-31(39)32-17-8-12-22-40(32)50/h3-28H,1-2H3. The molecule has 0 saturated heterocycles. The summed E-state index contributed by atoms with van der Waals surface area (Å²) in [5.74, 6) is 1.58. The topological polar surface area (TPSA) is 35.6 Å². The molecule has 0 fully saturated rings. The lowest BCUT2D eigenvalue weighted by Gasteiger charge is -2.21. The van der Waals surface area contributed by atoms with E-state index in [4.69, 9.17) is 9.97 Å². The lowest BCUT2D eigenvalue weighted by molar-refractivity contribution is 0.661. The Labute approximate surface area is 294 Å². The minimum atomic E-state index is -0.0887. The molecular weight excluding hydrogens is 621 g/mol. The number of rotatable bonds is 3. The quantitative estimate of drug-likeness (QED) is 0.190. The van der Waals surface area contributed by atoms with Crippen LogP contribution in [-0.2, 0) is 5.41 Å². The highest BCUT2D eigenvalue weighted by Crippen LogP contribution is 2.53. The van der Waals surface area contributed by atoms with Crippen molar-refractivity contribution >= 4 is 54.5 Å². The van der Waals surface area contributed by atoms with Crippen LogP contribution in [0, 0.1) is 0 Å². The molecule has 0 saturated carbocycles. The molecule has 0 amide bonds. The van der Waals surface area contributed by atoms with Gasteiger partial charge in [0.05, 0.1) is 27.6 Å². The molecule has 240 valence electrons. The van der Waals surface area contributed by atoms with Crippen molar-refractivity contribution in [1.82, 2.24) is 19.1 Å². The molecule has 1 aliphatic carbocycles. The smallest absolute Gasteiger partial charge is 0.162 e. The Morgan fingerprint density at radius 2 is 1.10 bits per heavy atom. The van der Waals surface area contributed by atoms with Crippen molar-refractivity contribution in [2.24, 2.45) is 0 Å². The van der Waals surface area contributed by atoms with Crippen molar-refractivity contribution in [1.29, 1.82) is 0 Å². The molecule has 3 heterocycles. The maximum Gasteiger partial charge on any atom is 0.162 e.